The Bertz CT molecular complexity index is 1050. The Hall–Kier alpha value is -3.20. The second-order valence-corrected chi connectivity index (χ2v) is 6.56. The molecule has 7 nitrogen and oxygen atoms in total. The van der Waals surface area contributed by atoms with E-state index in [0.717, 1.165) is 12.8 Å². The molecule has 0 saturated carbocycles. The number of aromatic nitrogens is 2. The molecular formula is C20H20FN5O2. The van der Waals surface area contributed by atoms with Crippen LogP contribution in [0.5, 0.6) is 0 Å². The zero-order chi connectivity index (χ0) is 20.3. The fraction of sp³-hybridized carbons (Fsp3) is 0.350. The third-order valence-electron chi connectivity index (χ3n) is 4.72. The highest BCUT2D eigenvalue weighted by Crippen LogP contribution is 2.28. The van der Waals surface area contributed by atoms with Crippen molar-refractivity contribution in [3.63, 3.8) is 0 Å². The Balaban J connectivity index is 2.20. The molecule has 0 aliphatic carbocycles. The van der Waals surface area contributed by atoms with Crippen molar-refractivity contribution in [3.8, 4) is 23.1 Å². The smallest absolute Gasteiger partial charge is 0.271 e. The van der Waals surface area contributed by atoms with Crippen LogP contribution in [0, 0.1) is 24.2 Å². The molecule has 1 aliphatic heterocycles. The van der Waals surface area contributed by atoms with Gasteiger partial charge in [0.2, 0.25) is 11.6 Å². The lowest BCUT2D eigenvalue weighted by molar-refractivity contribution is 0.350. The van der Waals surface area contributed by atoms with E-state index in [9.17, 15) is 9.18 Å². The zero-order valence-electron chi connectivity index (χ0n) is 15.4. The minimum Gasteiger partial charge on any atom is -0.384 e. The first-order valence-corrected chi connectivity index (χ1v) is 8.85. The van der Waals surface area contributed by atoms with Crippen LogP contribution in [0.15, 0.2) is 23.0 Å². The van der Waals surface area contributed by atoms with Gasteiger partial charge in [0.15, 0.2) is 0 Å². The highest BCUT2D eigenvalue weighted by molar-refractivity contribution is 5.70. The van der Waals surface area contributed by atoms with Gasteiger partial charge in [0.1, 0.15) is 18.0 Å². The summed E-state index contributed by atoms with van der Waals surface area (Å²) in [6, 6.07) is 4.19. The third kappa shape index (κ3) is 3.74. The molecule has 8 heteroatoms. The first kappa shape index (κ1) is 19.6. The average molecular weight is 381 g/mol. The second-order valence-electron chi connectivity index (χ2n) is 6.56. The van der Waals surface area contributed by atoms with Crippen molar-refractivity contribution < 1.29 is 9.50 Å². The van der Waals surface area contributed by atoms with Crippen LogP contribution in [0.2, 0.25) is 0 Å². The molecule has 2 aromatic rings. The van der Waals surface area contributed by atoms with Gasteiger partial charge >= 0.3 is 0 Å². The SMILES string of the molecule is [C-]#[N+]c1ccc(-c2nc(N3CCC(N)CC3)n(C)c(=O)c2C#CCO)cc1F. The lowest BCUT2D eigenvalue weighted by Crippen LogP contribution is -2.42. The molecule has 0 unspecified atom stereocenters. The minimum absolute atomic E-state index is 0.0731. The number of halogens is 1. The molecule has 1 aromatic heterocycles. The van der Waals surface area contributed by atoms with Crippen LogP contribution in [0.25, 0.3) is 16.1 Å². The van der Waals surface area contributed by atoms with E-state index in [0.29, 0.717) is 24.6 Å². The molecule has 144 valence electrons. The van der Waals surface area contributed by atoms with Gasteiger partial charge in [0.25, 0.3) is 5.56 Å². The van der Waals surface area contributed by atoms with Gasteiger partial charge in [-0.2, -0.15) is 0 Å². The number of hydrogen-bond donors (Lipinski definition) is 2. The molecule has 0 bridgehead atoms. The van der Waals surface area contributed by atoms with Gasteiger partial charge in [-0.15, -0.1) is 0 Å². The van der Waals surface area contributed by atoms with Crippen molar-refractivity contribution >= 4 is 11.6 Å². The van der Waals surface area contributed by atoms with Crippen molar-refractivity contribution in [3.05, 3.63) is 51.4 Å². The summed E-state index contributed by atoms with van der Waals surface area (Å²) in [5.41, 5.74) is 6.12. The van der Waals surface area contributed by atoms with E-state index in [1.165, 1.54) is 22.8 Å². The molecule has 3 rings (SSSR count). The van der Waals surface area contributed by atoms with Crippen LogP contribution in [-0.4, -0.2) is 40.4 Å². The highest BCUT2D eigenvalue weighted by Gasteiger charge is 2.23. The predicted octanol–water partition coefficient (Wildman–Crippen LogP) is 1.41. The summed E-state index contributed by atoms with van der Waals surface area (Å²) < 4.78 is 15.6. The molecule has 2 heterocycles. The first-order chi connectivity index (χ1) is 13.5. The van der Waals surface area contributed by atoms with Crippen LogP contribution >= 0.6 is 0 Å². The largest absolute Gasteiger partial charge is 0.384 e. The van der Waals surface area contributed by atoms with Gasteiger partial charge in [0.05, 0.1) is 12.3 Å². The third-order valence-corrected chi connectivity index (χ3v) is 4.72. The first-order valence-electron chi connectivity index (χ1n) is 8.85. The van der Waals surface area contributed by atoms with Crippen molar-refractivity contribution in [2.24, 2.45) is 12.8 Å². The Labute approximate surface area is 162 Å². The average Bonchev–Trinajstić information content (AvgIpc) is 2.70. The highest BCUT2D eigenvalue weighted by atomic mass is 19.1. The van der Waals surface area contributed by atoms with Crippen LogP contribution in [0.3, 0.4) is 0 Å². The van der Waals surface area contributed by atoms with E-state index in [1.807, 2.05) is 4.90 Å². The standard InChI is InChI=1S/C20H20FN5O2/c1-23-17-6-5-13(12-16(17)21)18-15(4-3-11-27)19(28)25(2)20(24-18)26-9-7-14(22)8-10-26/h5-6,12,14,27H,7-11,22H2,2H3. The van der Waals surface area contributed by atoms with Gasteiger partial charge in [-0.1, -0.05) is 24.0 Å². The molecule has 1 fully saturated rings. The van der Waals surface area contributed by atoms with E-state index < -0.39 is 12.4 Å². The van der Waals surface area contributed by atoms with Crippen LogP contribution in [0.4, 0.5) is 16.0 Å². The number of anilines is 1. The number of hydrogen-bond acceptors (Lipinski definition) is 5. The van der Waals surface area contributed by atoms with Gasteiger partial charge in [-0.25, -0.2) is 14.2 Å². The molecule has 28 heavy (non-hydrogen) atoms. The fourth-order valence-electron chi connectivity index (χ4n) is 3.17. The number of piperidine rings is 1. The van der Waals surface area contributed by atoms with Crippen LogP contribution in [0.1, 0.15) is 18.4 Å². The van der Waals surface area contributed by atoms with Crippen LogP contribution < -0.4 is 16.2 Å². The molecule has 0 radical (unpaired) electrons. The summed E-state index contributed by atoms with van der Waals surface area (Å²) in [4.78, 5) is 22.7. The molecule has 0 atom stereocenters. The van der Waals surface area contributed by atoms with Crippen molar-refractivity contribution in [2.45, 2.75) is 18.9 Å². The lowest BCUT2D eigenvalue weighted by Gasteiger charge is -2.32. The molecule has 1 aliphatic rings. The van der Waals surface area contributed by atoms with Gasteiger partial charge < -0.3 is 15.7 Å². The van der Waals surface area contributed by atoms with E-state index in [-0.39, 0.29) is 28.5 Å². The van der Waals surface area contributed by atoms with E-state index in [4.69, 9.17) is 17.4 Å². The number of nitrogens with two attached hydrogens (primary N) is 1. The molecule has 0 amide bonds. The number of benzene rings is 1. The number of rotatable bonds is 2. The normalized spacial score (nSPS) is 14.3. The molecule has 0 spiro atoms. The summed E-state index contributed by atoms with van der Waals surface area (Å²) in [5.74, 6) is 4.86. The van der Waals surface area contributed by atoms with Crippen molar-refractivity contribution in [2.75, 3.05) is 24.6 Å². The Kier molecular flexibility index (Phi) is 5.74. The fourth-order valence-corrected chi connectivity index (χ4v) is 3.17. The Morgan fingerprint density at radius 2 is 2.14 bits per heavy atom. The molecule has 1 saturated heterocycles. The maximum Gasteiger partial charge on any atom is 0.271 e. The Morgan fingerprint density at radius 3 is 2.75 bits per heavy atom. The monoisotopic (exact) mass is 381 g/mol. The quantitative estimate of drug-likeness (QED) is 0.607. The summed E-state index contributed by atoms with van der Waals surface area (Å²) in [6.45, 7) is 7.89. The number of aliphatic hydroxyl groups is 1. The number of nitrogens with zero attached hydrogens (tertiary/aromatic N) is 4. The lowest BCUT2D eigenvalue weighted by atomic mass is 10.1. The second kappa shape index (κ2) is 8.22. The topological polar surface area (TPSA) is 88.7 Å². The number of aliphatic hydroxyl groups excluding tert-OH is 1. The zero-order valence-corrected chi connectivity index (χ0v) is 15.4. The predicted molar refractivity (Wildman–Crippen MR) is 105 cm³/mol. The maximum absolute atomic E-state index is 14.2. The van der Waals surface area contributed by atoms with Crippen molar-refractivity contribution in [1.82, 2.24) is 9.55 Å². The van der Waals surface area contributed by atoms with Gasteiger partial charge in [-0.3, -0.25) is 9.36 Å². The summed E-state index contributed by atoms with van der Waals surface area (Å²) >= 11 is 0. The minimum atomic E-state index is -0.693. The Morgan fingerprint density at radius 1 is 1.43 bits per heavy atom. The molecule has 1 aromatic carbocycles. The van der Waals surface area contributed by atoms with Gasteiger partial charge in [-0.05, 0) is 18.9 Å². The molecular weight excluding hydrogens is 361 g/mol. The summed E-state index contributed by atoms with van der Waals surface area (Å²) in [6.07, 6.45) is 1.57. The molecule has 3 N–H and O–H groups in total. The summed E-state index contributed by atoms with van der Waals surface area (Å²) in [7, 11) is 1.61. The van der Waals surface area contributed by atoms with E-state index in [2.05, 4.69) is 21.7 Å². The van der Waals surface area contributed by atoms with Crippen molar-refractivity contribution in [1.29, 1.82) is 0 Å². The summed E-state index contributed by atoms with van der Waals surface area (Å²) in [5, 5.41) is 9.03. The van der Waals surface area contributed by atoms with E-state index in [1.54, 1.807) is 7.05 Å². The van der Waals surface area contributed by atoms with Gasteiger partial charge in [0, 0.05) is 31.7 Å². The maximum atomic E-state index is 14.2. The van der Waals surface area contributed by atoms with Crippen LogP contribution in [-0.2, 0) is 7.05 Å². The van der Waals surface area contributed by atoms with E-state index >= 15 is 0 Å².